The van der Waals surface area contributed by atoms with Gasteiger partial charge in [0.15, 0.2) is 17.5 Å². The van der Waals surface area contributed by atoms with Crippen molar-refractivity contribution in [2.24, 2.45) is 29.6 Å². The van der Waals surface area contributed by atoms with E-state index in [1.807, 2.05) is 0 Å². The van der Waals surface area contributed by atoms with E-state index in [0.717, 1.165) is 36.3 Å². The molecule has 1 aliphatic heterocycles. The molecule has 1 saturated heterocycles. The van der Waals surface area contributed by atoms with Crippen molar-refractivity contribution in [2.75, 3.05) is 6.61 Å². The van der Waals surface area contributed by atoms with E-state index in [1.165, 1.54) is 25.7 Å². The minimum Gasteiger partial charge on any atom is -0.429 e. The SMILES string of the molecule is CC1CC2CC(C3CCC(c4cc(F)c(C(F)(F)Oc5cc(F)c(F)c(F)c5)c(F)c4)OC3)CC2C1. The molecule has 0 spiro atoms. The molecule has 2 aliphatic carbocycles. The van der Waals surface area contributed by atoms with Gasteiger partial charge in [-0.15, -0.1) is 0 Å². The zero-order valence-corrected chi connectivity index (χ0v) is 19.7. The van der Waals surface area contributed by atoms with Gasteiger partial charge in [0.2, 0.25) is 0 Å². The van der Waals surface area contributed by atoms with Crippen LogP contribution in [0.4, 0.5) is 30.7 Å². The molecule has 3 fully saturated rings. The Morgan fingerprint density at radius 1 is 0.750 bits per heavy atom. The van der Waals surface area contributed by atoms with Gasteiger partial charge >= 0.3 is 6.11 Å². The van der Waals surface area contributed by atoms with Crippen molar-refractivity contribution < 1.29 is 40.2 Å². The molecule has 0 amide bonds. The molecule has 4 unspecified atom stereocenters. The van der Waals surface area contributed by atoms with Crippen molar-refractivity contribution in [3.05, 3.63) is 64.5 Å². The number of hydrogen-bond acceptors (Lipinski definition) is 2. The predicted octanol–water partition coefficient (Wildman–Crippen LogP) is 8.05. The average Bonchev–Trinajstić information content (AvgIpc) is 3.34. The fourth-order valence-corrected chi connectivity index (χ4v) is 6.60. The Morgan fingerprint density at radius 3 is 1.83 bits per heavy atom. The van der Waals surface area contributed by atoms with Crippen LogP contribution in [0, 0.1) is 58.7 Å². The molecule has 2 nitrogen and oxygen atoms in total. The summed E-state index contributed by atoms with van der Waals surface area (Å²) in [4.78, 5) is 0. The van der Waals surface area contributed by atoms with Gasteiger partial charge in [-0.3, -0.25) is 0 Å². The van der Waals surface area contributed by atoms with Gasteiger partial charge in [0.25, 0.3) is 0 Å². The van der Waals surface area contributed by atoms with E-state index in [2.05, 4.69) is 11.7 Å². The Labute approximate surface area is 204 Å². The number of benzene rings is 2. The summed E-state index contributed by atoms with van der Waals surface area (Å²) in [5, 5.41) is 0. The number of fused-ring (bicyclic) bond motifs is 1. The lowest BCUT2D eigenvalue weighted by Gasteiger charge is -2.33. The summed E-state index contributed by atoms with van der Waals surface area (Å²) < 4.78 is 108. The number of ether oxygens (including phenoxy) is 2. The lowest BCUT2D eigenvalue weighted by atomic mass is 9.82. The molecule has 9 heteroatoms. The third kappa shape index (κ3) is 4.83. The highest BCUT2D eigenvalue weighted by Gasteiger charge is 2.44. The Balaban J connectivity index is 1.26. The van der Waals surface area contributed by atoms with Crippen LogP contribution in [0.5, 0.6) is 5.75 Å². The van der Waals surface area contributed by atoms with Crippen molar-refractivity contribution in [2.45, 2.75) is 57.7 Å². The predicted molar refractivity (Wildman–Crippen MR) is 117 cm³/mol. The molecule has 36 heavy (non-hydrogen) atoms. The number of rotatable bonds is 5. The molecule has 0 aromatic heterocycles. The summed E-state index contributed by atoms with van der Waals surface area (Å²) in [6, 6.07) is 1.88. The van der Waals surface area contributed by atoms with Crippen molar-refractivity contribution in [3.8, 4) is 5.75 Å². The lowest BCUT2D eigenvalue weighted by Crippen LogP contribution is -2.28. The molecule has 0 radical (unpaired) electrons. The maximum absolute atomic E-state index is 14.7. The van der Waals surface area contributed by atoms with Crippen molar-refractivity contribution in [1.29, 1.82) is 0 Å². The normalized spacial score (nSPS) is 30.4. The van der Waals surface area contributed by atoms with E-state index in [4.69, 9.17) is 4.74 Å². The van der Waals surface area contributed by atoms with Crippen LogP contribution in [0.3, 0.4) is 0 Å². The van der Waals surface area contributed by atoms with Gasteiger partial charge in [0, 0.05) is 12.1 Å². The molecular weight excluding hydrogens is 489 g/mol. The molecule has 5 rings (SSSR count). The molecule has 3 aliphatic rings. The fraction of sp³-hybridized carbons (Fsp3) is 0.556. The topological polar surface area (TPSA) is 18.5 Å². The highest BCUT2D eigenvalue weighted by Crippen LogP contribution is 2.52. The molecule has 2 aromatic rings. The van der Waals surface area contributed by atoms with Crippen LogP contribution in [0.2, 0.25) is 0 Å². The van der Waals surface area contributed by atoms with Gasteiger partial charge in [0.1, 0.15) is 22.9 Å². The lowest BCUT2D eigenvalue weighted by molar-refractivity contribution is -0.189. The maximum Gasteiger partial charge on any atom is 0.432 e. The quantitative estimate of drug-likeness (QED) is 0.296. The van der Waals surface area contributed by atoms with Crippen molar-refractivity contribution in [1.82, 2.24) is 0 Å². The molecule has 0 bridgehead atoms. The van der Waals surface area contributed by atoms with Gasteiger partial charge in [-0.1, -0.05) is 6.92 Å². The van der Waals surface area contributed by atoms with Gasteiger partial charge in [0.05, 0.1) is 12.7 Å². The third-order valence-corrected chi connectivity index (χ3v) is 8.20. The second kappa shape index (κ2) is 9.54. The van der Waals surface area contributed by atoms with Gasteiger partial charge < -0.3 is 9.47 Å². The first kappa shape index (κ1) is 25.4. The maximum atomic E-state index is 14.7. The summed E-state index contributed by atoms with van der Waals surface area (Å²) in [6.45, 7) is 2.76. The standard InChI is InChI=1S/C27H27F7O2/c1-13-4-15-6-17(7-16(15)5-13)14-2-3-24(35-12-14)18-8-20(28)25(21(29)9-18)27(33,34)36-19-10-22(30)26(32)23(31)11-19/h8-11,13-17,24H,2-7,12H2,1H3. The Hall–Kier alpha value is -2.29. The van der Waals surface area contributed by atoms with Crippen LogP contribution in [0.1, 0.15) is 62.7 Å². The van der Waals surface area contributed by atoms with Crippen LogP contribution in [-0.4, -0.2) is 6.61 Å². The van der Waals surface area contributed by atoms with Crippen molar-refractivity contribution in [3.63, 3.8) is 0 Å². The van der Waals surface area contributed by atoms with Crippen molar-refractivity contribution >= 4 is 0 Å². The summed E-state index contributed by atoms with van der Waals surface area (Å²) in [7, 11) is 0. The Kier molecular flexibility index (Phi) is 6.72. The molecule has 1 heterocycles. The number of halogens is 7. The van der Waals surface area contributed by atoms with Gasteiger partial charge in [-0.2, -0.15) is 8.78 Å². The van der Waals surface area contributed by atoms with Crippen LogP contribution < -0.4 is 4.74 Å². The van der Waals surface area contributed by atoms with Crippen LogP contribution >= 0.6 is 0 Å². The van der Waals surface area contributed by atoms with E-state index in [9.17, 15) is 30.7 Å². The molecule has 196 valence electrons. The van der Waals surface area contributed by atoms with Gasteiger partial charge in [-0.05, 0) is 85.8 Å². The minimum atomic E-state index is -4.61. The summed E-state index contributed by atoms with van der Waals surface area (Å²) in [5.74, 6) is -6.40. The van der Waals surface area contributed by atoms with Crippen LogP contribution in [0.15, 0.2) is 24.3 Å². The molecule has 2 aromatic carbocycles. The summed E-state index contributed by atoms with van der Waals surface area (Å²) in [6.07, 6.45) is 1.06. The van der Waals surface area contributed by atoms with E-state index >= 15 is 0 Å². The summed E-state index contributed by atoms with van der Waals surface area (Å²) in [5.41, 5.74) is -1.62. The average molecular weight is 516 g/mol. The molecule has 4 atom stereocenters. The van der Waals surface area contributed by atoms with Crippen LogP contribution in [0.25, 0.3) is 0 Å². The Bertz CT molecular complexity index is 1070. The first-order valence-electron chi connectivity index (χ1n) is 12.3. The van der Waals surface area contributed by atoms with Crippen LogP contribution in [-0.2, 0) is 10.8 Å². The van der Waals surface area contributed by atoms with E-state index in [0.29, 0.717) is 24.9 Å². The largest absolute Gasteiger partial charge is 0.432 e. The smallest absolute Gasteiger partial charge is 0.429 e. The highest BCUT2D eigenvalue weighted by molar-refractivity contribution is 5.32. The van der Waals surface area contributed by atoms with E-state index in [1.54, 1.807) is 0 Å². The number of alkyl halides is 2. The molecular formula is C27H27F7O2. The number of hydrogen-bond donors (Lipinski definition) is 0. The molecule has 2 saturated carbocycles. The minimum absolute atomic E-state index is 0.0963. The van der Waals surface area contributed by atoms with Gasteiger partial charge in [-0.25, -0.2) is 22.0 Å². The fourth-order valence-electron chi connectivity index (χ4n) is 6.60. The monoisotopic (exact) mass is 516 g/mol. The first-order valence-corrected chi connectivity index (χ1v) is 12.3. The second-order valence-corrected chi connectivity index (χ2v) is 10.7. The second-order valence-electron chi connectivity index (χ2n) is 10.7. The zero-order chi connectivity index (χ0) is 25.8. The first-order chi connectivity index (χ1) is 17.0. The molecule has 0 N–H and O–H groups in total. The zero-order valence-electron chi connectivity index (χ0n) is 19.7. The van der Waals surface area contributed by atoms with E-state index < -0.39 is 52.6 Å². The third-order valence-electron chi connectivity index (χ3n) is 8.20. The Morgan fingerprint density at radius 2 is 1.31 bits per heavy atom. The highest BCUT2D eigenvalue weighted by atomic mass is 19.3. The summed E-state index contributed by atoms with van der Waals surface area (Å²) >= 11 is 0. The van der Waals surface area contributed by atoms with E-state index in [-0.39, 0.29) is 17.7 Å².